The number of piperidine rings is 1. The number of benzene rings is 1. The molecule has 1 aliphatic heterocycles. The fourth-order valence-corrected chi connectivity index (χ4v) is 4.98. The normalized spacial score (nSPS) is 19.5. The van der Waals surface area contributed by atoms with Crippen LogP contribution in [-0.4, -0.2) is 45.1 Å². The van der Waals surface area contributed by atoms with Crippen molar-refractivity contribution in [2.75, 3.05) is 20.2 Å². The van der Waals surface area contributed by atoms with Gasteiger partial charge in [0.05, 0.1) is 12.0 Å². The van der Waals surface area contributed by atoms with Crippen LogP contribution in [0, 0.1) is 11.8 Å². The van der Waals surface area contributed by atoms with Crippen molar-refractivity contribution in [3.63, 3.8) is 0 Å². The van der Waals surface area contributed by atoms with Gasteiger partial charge in [-0.15, -0.1) is 13.2 Å². The Balaban J connectivity index is 1.61. The van der Waals surface area contributed by atoms with E-state index in [1.54, 1.807) is 0 Å². The van der Waals surface area contributed by atoms with Crippen LogP contribution in [0.25, 0.3) is 0 Å². The topological polar surface area (TPSA) is 72.9 Å². The van der Waals surface area contributed by atoms with Gasteiger partial charge in [-0.2, -0.15) is 4.31 Å². The molecule has 166 valence electrons. The molecule has 0 radical (unpaired) electrons. The molecule has 0 bridgehead atoms. The largest absolute Gasteiger partial charge is 0.573 e. The zero-order valence-corrected chi connectivity index (χ0v) is 17.3. The summed E-state index contributed by atoms with van der Waals surface area (Å²) in [5.74, 6) is 0.557. The van der Waals surface area contributed by atoms with Crippen molar-refractivity contribution in [3.8, 4) is 5.75 Å². The van der Waals surface area contributed by atoms with Gasteiger partial charge in [0.2, 0.25) is 10.0 Å². The van der Waals surface area contributed by atoms with E-state index in [0.29, 0.717) is 30.9 Å². The van der Waals surface area contributed by atoms with Crippen molar-refractivity contribution in [3.05, 3.63) is 36.1 Å². The van der Waals surface area contributed by atoms with Gasteiger partial charge < -0.3 is 9.47 Å². The molecule has 2 aliphatic rings. The smallest absolute Gasteiger partial charge is 0.501 e. The number of allylic oxidation sites excluding steroid dienone is 2. The van der Waals surface area contributed by atoms with E-state index in [9.17, 15) is 26.4 Å². The number of sulfonamides is 1. The second kappa shape index (κ2) is 8.97. The molecule has 0 unspecified atom stereocenters. The van der Waals surface area contributed by atoms with Gasteiger partial charge in [-0.05, 0) is 55.9 Å². The Morgan fingerprint density at radius 3 is 2.23 bits per heavy atom. The zero-order valence-electron chi connectivity index (χ0n) is 16.5. The number of hydrogen-bond acceptors (Lipinski definition) is 5. The van der Waals surface area contributed by atoms with Crippen molar-refractivity contribution in [1.82, 2.24) is 4.31 Å². The lowest BCUT2D eigenvalue weighted by Gasteiger charge is -2.31. The molecule has 10 heteroatoms. The van der Waals surface area contributed by atoms with Crippen LogP contribution in [0.2, 0.25) is 0 Å². The van der Waals surface area contributed by atoms with E-state index in [4.69, 9.17) is 4.74 Å². The molecule has 1 saturated heterocycles. The SMILES string of the molecule is CO/C(=C\C(=O)CC1CC1)C1CCN(S(=O)(=O)c2ccc(OC(F)(F)F)cc2)CC1. The maximum atomic E-state index is 12.8. The van der Waals surface area contributed by atoms with Gasteiger partial charge in [-0.3, -0.25) is 4.79 Å². The number of nitrogens with zero attached hydrogens (tertiary/aromatic N) is 1. The molecule has 1 aromatic carbocycles. The summed E-state index contributed by atoms with van der Waals surface area (Å²) in [5, 5.41) is 0. The third-order valence-corrected chi connectivity index (χ3v) is 7.19. The van der Waals surface area contributed by atoms with Crippen molar-refractivity contribution in [2.45, 2.75) is 43.4 Å². The van der Waals surface area contributed by atoms with Crippen LogP contribution in [0.15, 0.2) is 41.0 Å². The molecule has 1 aromatic rings. The molecular weight excluding hydrogens is 423 g/mol. The van der Waals surface area contributed by atoms with Gasteiger partial charge in [0.25, 0.3) is 0 Å². The van der Waals surface area contributed by atoms with E-state index >= 15 is 0 Å². The molecule has 0 N–H and O–H groups in total. The molecule has 0 spiro atoms. The van der Waals surface area contributed by atoms with Gasteiger partial charge in [-0.25, -0.2) is 8.42 Å². The number of alkyl halides is 3. The van der Waals surface area contributed by atoms with Crippen LogP contribution >= 0.6 is 0 Å². The summed E-state index contributed by atoms with van der Waals surface area (Å²) in [7, 11) is -2.34. The van der Waals surface area contributed by atoms with E-state index in [1.165, 1.54) is 17.5 Å². The van der Waals surface area contributed by atoms with Gasteiger partial charge in [0.15, 0.2) is 5.78 Å². The number of carbonyl (C=O) groups excluding carboxylic acids is 1. The lowest BCUT2D eigenvalue weighted by atomic mass is 9.94. The highest BCUT2D eigenvalue weighted by Crippen LogP contribution is 2.34. The third-order valence-electron chi connectivity index (χ3n) is 5.28. The Morgan fingerprint density at radius 1 is 1.13 bits per heavy atom. The molecule has 3 rings (SSSR count). The molecule has 30 heavy (non-hydrogen) atoms. The molecule has 1 heterocycles. The summed E-state index contributed by atoms with van der Waals surface area (Å²) in [6.45, 7) is 0.455. The first kappa shape index (κ1) is 22.6. The van der Waals surface area contributed by atoms with E-state index in [2.05, 4.69) is 4.74 Å². The van der Waals surface area contributed by atoms with E-state index in [0.717, 1.165) is 37.1 Å². The minimum absolute atomic E-state index is 0.0329. The van der Waals surface area contributed by atoms with Gasteiger partial charge >= 0.3 is 6.36 Å². The molecule has 2 fully saturated rings. The molecular formula is C20H24F3NO5S. The number of carbonyl (C=O) groups is 1. The molecule has 1 saturated carbocycles. The number of hydrogen-bond donors (Lipinski definition) is 0. The predicted octanol–water partition coefficient (Wildman–Crippen LogP) is 3.89. The Kier molecular flexibility index (Phi) is 6.76. The van der Waals surface area contributed by atoms with E-state index in [-0.39, 0.29) is 29.7 Å². The summed E-state index contributed by atoms with van der Waals surface area (Å²) in [6, 6.07) is 4.15. The van der Waals surface area contributed by atoms with Crippen LogP contribution in [0.3, 0.4) is 0 Å². The predicted molar refractivity (Wildman–Crippen MR) is 102 cm³/mol. The Morgan fingerprint density at radius 2 is 1.73 bits per heavy atom. The summed E-state index contributed by atoms with van der Waals surface area (Å²) >= 11 is 0. The average molecular weight is 447 g/mol. The molecule has 6 nitrogen and oxygen atoms in total. The van der Waals surface area contributed by atoms with Gasteiger partial charge in [0, 0.05) is 31.5 Å². The van der Waals surface area contributed by atoms with Crippen LogP contribution < -0.4 is 4.74 Å². The highest BCUT2D eigenvalue weighted by molar-refractivity contribution is 7.89. The Labute approximate surface area is 173 Å². The number of ketones is 1. The Bertz CT molecular complexity index is 884. The number of methoxy groups -OCH3 is 1. The highest BCUT2D eigenvalue weighted by atomic mass is 32.2. The molecule has 0 atom stereocenters. The highest BCUT2D eigenvalue weighted by Gasteiger charge is 2.33. The zero-order chi connectivity index (χ0) is 21.9. The summed E-state index contributed by atoms with van der Waals surface area (Å²) in [5.41, 5.74) is 0. The number of halogens is 3. The maximum absolute atomic E-state index is 12.8. The fraction of sp³-hybridized carbons (Fsp3) is 0.550. The van der Waals surface area contributed by atoms with Crippen molar-refractivity contribution >= 4 is 15.8 Å². The van der Waals surface area contributed by atoms with E-state index < -0.39 is 22.1 Å². The third kappa shape index (κ3) is 5.98. The van der Waals surface area contributed by atoms with Crippen LogP contribution in [0.5, 0.6) is 5.75 Å². The first-order chi connectivity index (χ1) is 14.1. The van der Waals surface area contributed by atoms with E-state index in [1.807, 2.05) is 0 Å². The number of ether oxygens (including phenoxy) is 2. The second-order valence-electron chi connectivity index (χ2n) is 7.56. The lowest BCUT2D eigenvalue weighted by molar-refractivity contribution is -0.274. The van der Waals surface area contributed by atoms with Gasteiger partial charge in [0.1, 0.15) is 11.5 Å². The molecule has 0 amide bonds. The quantitative estimate of drug-likeness (QED) is 0.447. The Hall–Kier alpha value is -2.07. The monoisotopic (exact) mass is 447 g/mol. The fourth-order valence-electron chi connectivity index (χ4n) is 3.51. The van der Waals surface area contributed by atoms with Crippen molar-refractivity contribution in [1.29, 1.82) is 0 Å². The summed E-state index contributed by atoms with van der Waals surface area (Å²) in [4.78, 5) is 12.0. The molecule has 0 aromatic heterocycles. The summed E-state index contributed by atoms with van der Waals surface area (Å²) < 4.78 is 72.8. The van der Waals surface area contributed by atoms with Crippen LogP contribution in [0.1, 0.15) is 32.1 Å². The summed E-state index contributed by atoms with van der Waals surface area (Å²) in [6.07, 6.45) is 0.369. The van der Waals surface area contributed by atoms with Gasteiger partial charge in [-0.1, -0.05) is 0 Å². The minimum Gasteiger partial charge on any atom is -0.501 e. The molecule has 1 aliphatic carbocycles. The van der Waals surface area contributed by atoms with Crippen LogP contribution in [-0.2, 0) is 19.6 Å². The standard InChI is InChI=1S/C20H24F3NO5S/c1-28-19(13-16(25)12-14-2-3-14)15-8-10-24(11-9-15)30(26,27)18-6-4-17(5-7-18)29-20(21,22)23/h4-7,13-15H,2-3,8-12H2,1H3/b19-13-. The maximum Gasteiger partial charge on any atom is 0.573 e. The van der Waals surface area contributed by atoms with Crippen molar-refractivity contribution < 1.29 is 35.9 Å². The second-order valence-corrected chi connectivity index (χ2v) is 9.50. The minimum atomic E-state index is -4.84. The first-order valence-electron chi connectivity index (χ1n) is 9.73. The lowest BCUT2D eigenvalue weighted by Crippen LogP contribution is -2.39. The van der Waals surface area contributed by atoms with Crippen molar-refractivity contribution in [2.24, 2.45) is 11.8 Å². The number of rotatable bonds is 8. The average Bonchev–Trinajstić information content (AvgIpc) is 3.49. The first-order valence-corrected chi connectivity index (χ1v) is 11.2. The van der Waals surface area contributed by atoms with Crippen LogP contribution in [0.4, 0.5) is 13.2 Å².